The van der Waals surface area contributed by atoms with Gasteiger partial charge < -0.3 is 24.4 Å². The molecule has 4 rings (SSSR count). The van der Waals surface area contributed by atoms with Crippen molar-refractivity contribution in [2.75, 3.05) is 63.9 Å². The fourth-order valence-corrected chi connectivity index (χ4v) is 3.34. The monoisotopic (exact) mass is 356 g/mol. The standard InChI is InChI=1S/C19H24N4O3/c1-20-19-21-17(14-11-26-12-14)16(18(22-19)24-2)13-3-5-15(6-4-13)23-7-9-25-10-8-23/h3-6,14H,7-12H2,1-2H3,(H,20,21,22). The molecule has 3 heterocycles. The van der Waals surface area contributed by atoms with E-state index in [1.165, 1.54) is 5.69 Å². The van der Waals surface area contributed by atoms with Crippen molar-refractivity contribution < 1.29 is 14.2 Å². The lowest BCUT2D eigenvalue weighted by atomic mass is 9.94. The van der Waals surface area contributed by atoms with Crippen LogP contribution in [0.5, 0.6) is 5.88 Å². The van der Waals surface area contributed by atoms with Gasteiger partial charge in [0.2, 0.25) is 11.8 Å². The molecular formula is C19H24N4O3. The van der Waals surface area contributed by atoms with Gasteiger partial charge in [-0.05, 0) is 17.7 Å². The third-order valence-corrected chi connectivity index (χ3v) is 4.88. The Kier molecular flexibility index (Phi) is 4.90. The van der Waals surface area contributed by atoms with Gasteiger partial charge in [0, 0.05) is 31.7 Å². The van der Waals surface area contributed by atoms with E-state index in [0.29, 0.717) is 25.0 Å². The molecule has 1 aromatic carbocycles. The normalized spacial score (nSPS) is 17.7. The zero-order valence-electron chi connectivity index (χ0n) is 15.2. The maximum Gasteiger partial charge on any atom is 0.226 e. The van der Waals surface area contributed by atoms with Gasteiger partial charge in [0.1, 0.15) is 0 Å². The molecule has 138 valence electrons. The number of nitrogens with one attached hydrogen (secondary N) is 1. The van der Waals surface area contributed by atoms with Gasteiger partial charge in [0.15, 0.2) is 0 Å². The Morgan fingerprint density at radius 1 is 1.08 bits per heavy atom. The summed E-state index contributed by atoms with van der Waals surface area (Å²) < 4.78 is 16.4. The molecule has 7 nitrogen and oxygen atoms in total. The Bertz CT molecular complexity index is 756. The van der Waals surface area contributed by atoms with Crippen LogP contribution < -0.4 is 15.0 Å². The van der Waals surface area contributed by atoms with Crippen LogP contribution >= 0.6 is 0 Å². The lowest BCUT2D eigenvalue weighted by molar-refractivity contribution is 0.00689. The Morgan fingerprint density at radius 2 is 1.81 bits per heavy atom. The molecule has 0 aliphatic carbocycles. The molecule has 2 aliphatic heterocycles. The van der Waals surface area contributed by atoms with Gasteiger partial charge in [0.25, 0.3) is 0 Å². The molecule has 2 saturated heterocycles. The van der Waals surface area contributed by atoms with Crippen LogP contribution in [0.3, 0.4) is 0 Å². The smallest absolute Gasteiger partial charge is 0.226 e. The minimum absolute atomic E-state index is 0.271. The number of aromatic nitrogens is 2. The third kappa shape index (κ3) is 3.20. The number of rotatable bonds is 5. The van der Waals surface area contributed by atoms with Crippen LogP contribution in [0.4, 0.5) is 11.6 Å². The topological polar surface area (TPSA) is 68.7 Å². The number of hydrogen-bond donors (Lipinski definition) is 1. The summed E-state index contributed by atoms with van der Waals surface area (Å²) >= 11 is 0. The van der Waals surface area contributed by atoms with Crippen LogP contribution in [0.2, 0.25) is 0 Å². The predicted octanol–water partition coefficient (Wildman–Crippen LogP) is 2.14. The predicted molar refractivity (Wildman–Crippen MR) is 100 cm³/mol. The zero-order chi connectivity index (χ0) is 17.9. The van der Waals surface area contributed by atoms with E-state index in [1.54, 1.807) is 7.11 Å². The highest BCUT2D eigenvalue weighted by Gasteiger charge is 2.29. The lowest BCUT2D eigenvalue weighted by Crippen LogP contribution is -2.36. The van der Waals surface area contributed by atoms with Crippen molar-refractivity contribution in [3.63, 3.8) is 0 Å². The maximum absolute atomic E-state index is 5.59. The molecule has 0 bridgehead atoms. The molecule has 26 heavy (non-hydrogen) atoms. The highest BCUT2D eigenvalue weighted by atomic mass is 16.5. The van der Waals surface area contributed by atoms with E-state index < -0.39 is 0 Å². The quantitative estimate of drug-likeness (QED) is 0.880. The minimum atomic E-state index is 0.271. The van der Waals surface area contributed by atoms with Crippen LogP contribution in [0, 0.1) is 0 Å². The first kappa shape index (κ1) is 17.1. The van der Waals surface area contributed by atoms with Crippen molar-refractivity contribution in [1.82, 2.24) is 9.97 Å². The largest absolute Gasteiger partial charge is 0.480 e. The summed E-state index contributed by atoms with van der Waals surface area (Å²) in [6, 6.07) is 8.53. The van der Waals surface area contributed by atoms with Crippen molar-refractivity contribution in [1.29, 1.82) is 0 Å². The summed E-state index contributed by atoms with van der Waals surface area (Å²) in [5, 5.41) is 3.01. The zero-order valence-corrected chi connectivity index (χ0v) is 15.2. The van der Waals surface area contributed by atoms with E-state index in [0.717, 1.165) is 43.1 Å². The number of morpholine rings is 1. The second kappa shape index (κ2) is 7.47. The van der Waals surface area contributed by atoms with Crippen LogP contribution in [-0.4, -0.2) is 63.6 Å². The van der Waals surface area contributed by atoms with E-state index in [-0.39, 0.29) is 5.92 Å². The van der Waals surface area contributed by atoms with E-state index in [1.807, 2.05) is 7.05 Å². The van der Waals surface area contributed by atoms with E-state index in [4.69, 9.17) is 19.2 Å². The Balaban J connectivity index is 1.71. The van der Waals surface area contributed by atoms with Crippen molar-refractivity contribution in [3.05, 3.63) is 30.0 Å². The molecule has 0 spiro atoms. The highest BCUT2D eigenvalue weighted by molar-refractivity contribution is 5.74. The first-order valence-corrected chi connectivity index (χ1v) is 8.94. The number of nitrogens with zero attached hydrogens (tertiary/aromatic N) is 3. The molecule has 7 heteroatoms. The molecule has 0 radical (unpaired) electrons. The lowest BCUT2D eigenvalue weighted by Gasteiger charge is -2.29. The van der Waals surface area contributed by atoms with Gasteiger partial charge in [-0.25, -0.2) is 4.98 Å². The first-order valence-electron chi connectivity index (χ1n) is 8.94. The molecule has 2 aliphatic rings. The number of hydrogen-bond acceptors (Lipinski definition) is 7. The summed E-state index contributed by atoms with van der Waals surface area (Å²) in [5.74, 6) is 1.43. The minimum Gasteiger partial charge on any atom is -0.480 e. The van der Waals surface area contributed by atoms with Gasteiger partial charge in [-0.15, -0.1) is 0 Å². The summed E-state index contributed by atoms with van der Waals surface area (Å²) in [6.45, 7) is 4.77. The molecule has 1 N–H and O–H groups in total. The molecule has 0 saturated carbocycles. The number of ether oxygens (including phenoxy) is 3. The second-order valence-corrected chi connectivity index (χ2v) is 6.45. The molecule has 1 aromatic heterocycles. The highest BCUT2D eigenvalue weighted by Crippen LogP contribution is 2.38. The Hall–Kier alpha value is -2.38. The Labute approximate surface area is 153 Å². The number of methoxy groups -OCH3 is 1. The van der Waals surface area contributed by atoms with E-state index in [9.17, 15) is 0 Å². The summed E-state index contributed by atoms with van der Waals surface area (Å²) in [7, 11) is 3.46. The van der Waals surface area contributed by atoms with Crippen molar-refractivity contribution in [2.45, 2.75) is 5.92 Å². The summed E-state index contributed by atoms with van der Waals surface area (Å²) in [6.07, 6.45) is 0. The number of benzene rings is 1. The fraction of sp³-hybridized carbons (Fsp3) is 0.474. The van der Waals surface area contributed by atoms with Crippen molar-refractivity contribution >= 4 is 11.6 Å². The van der Waals surface area contributed by atoms with Gasteiger partial charge in [0.05, 0.1) is 44.8 Å². The van der Waals surface area contributed by atoms with Gasteiger partial charge in [-0.2, -0.15) is 4.98 Å². The number of anilines is 2. The van der Waals surface area contributed by atoms with Gasteiger partial charge in [-0.3, -0.25) is 0 Å². The fourth-order valence-electron chi connectivity index (χ4n) is 3.34. The molecule has 2 aromatic rings. The van der Waals surface area contributed by atoms with Crippen LogP contribution in [0.1, 0.15) is 11.6 Å². The van der Waals surface area contributed by atoms with Gasteiger partial charge in [-0.1, -0.05) is 12.1 Å². The van der Waals surface area contributed by atoms with Gasteiger partial charge >= 0.3 is 0 Å². The maximum atomic E-state index is 5.59. The average Bonchev–Trinajstić information content (AvgIpc) is 2.67. The Morgan fingerprint density at radius 3 is 2.38 bits per heavy atom. The molecule has 0 atom stereocenters. The molecular weight excluding hydrogens is 332 g/mol. The SMILES string of the molecule is CNc1nc(OC)c(-c2ccc(N3CCOCC3)cc2)c(C2COC2)n1. The van der Waals surface area contributed by atoms with E-state index >= 15 is 0 Å². The molecule has 0 unspecified atom stereocenters. The first-order chi connectivity index (χ1) is 12.8. The van der Waals surface area contributed by atoms with Crippen LogP contribution in [0.15, 0.2) is 24.3 Å². The van der Waals surface area contributed by atoms with Crippen LogP contribution in [0.25, 0.3) is 11.1 Å². The average molecular weight is 356 g/mol. The summed E-state index contributed by atoms with van der Waals surface area (Å²) in [5.41, 5.74) is 4.20. The molecule has 0 amide bonds. The second-order valence-electron chi connectivity index (χ2n) is 6.45. The molecule has 2 fully saturated rings. The van der Waals surface area contributed by atoms with Crippen molar-refractivity contribution in [3.8, 4) is 17.0 Å². The van der Waals surface area contributed by atoms with Crippen molar-refractivity contribution in [2.24, 2.45) is 0 Å². The summed E-state index contributed by atoms with van der Waals surface area (Å²) in [4.78, 5) is 11.5. The third-order valence-electron chi connectivity index (χ3n) is 4.88. The van der Waals surface area contributed by atoms with Crippen LogP contribution in [-0.2, 0) is 9.47 Å². The van der Waals surface area contributed by atoms with E-state index in [2.05, 4.69) is 39.5 Å².